The lowest BCUT2D eigenvalue weighted by atomic mass is 10.0. The maximum Gasteiger partial charge on any atom is 0.409 e. The van der Waals surface area contributed by atoms with Crippen molar-refractivity contribution in [2.24, 2.45) is 11.8 Å². The number of rotatable bonds is 4. The van der Waals surface area contributed by atoms with Gasteiger partial charge in [0.05, 0.1) is 18.5 Å². The summed E-state index contributed by atoms with van der Waals surface area (Å²) in [6.07, 6.45) is 3.66. The van der Waals surface area contributed by atoms with Crippen molar-refractivity contribution in [2.75, 3.05) is 43.4 Å². The van der Waals surface area contributed by atoms with Crippen LogP contribution in [-0.2, 0) is 4.74 Å². The fourth-order valence-corrected chi connectivity index (χ4v) is 3.33. The zero-order valence-corrected chi connectivity index (χ0v) is 13.1. The second-order valence-corrected chi connectivity index (χ2v) is 6.24. The van der Waals surface area contributed by atoms with Crippen LogP contribution in [0.5, 0.6) is 0 Å². The number of fused-ring (bicyclic) bond motifs is 1. The van der Waals surface area contributed by atoms with E-state index in [0.29, 0.717) is 24.3 Å². The van der Waals surface area contributed by atoms with Gasteiger partial charge in [0, 0.05) is 38.0 Å². The smallest absolute Gasteiger partial charge is 0.409 e. The van der Waals surface area contributed by atoms with E-state index in [0.717, 1.165) is 44.7 Å². The van der Waals surface area contributed by atoms with Crippen LogP contribution in [0.1, 0.15) is 19.8 Å². The monoisotopic (exact) mass is 304 g/mol. The minimum atomic E-state index is -0.149. The summed E-state index contributed by atoms with van der Waals surface area (Å²) in [7, 11) is 0. The molecule has 2 aliphatic heterocycles. The number of hydrogen-bond acceptors (Lipinski definition) is 5. The summed E-state index contributed by atoms with van der Waals surface area (Å²) in [5.41, 5.74) is 6.74. The van der Waals surface area contributed by atoms with Crippen molar-refractivity contribution in [1.82, 2.24) is 9.88 Å². The van der Waals surface area contributed by atoms with Gasteiger partial charge in [-0.15, -0.1) is 0 Å². The van der Waals surface area contributed by atoms with Gasteiger partial charge in [0.15, 0.2) is 0 Å². The molecule has 2 saturated heterocycles. The maximum absolute atomic E-state index is 12.0. The fourth-order valence-electron chi connectivity index (χ4n) is 3.33. The number of carbonyl (C=O) groups excluding carboxylic acids is 1. The minimum absolute atomic E-state index is 0.149. The van der Waals surface area contributed by atoms with Gasteiger partial charge in [0.25, 0.3) is 0 Å². The van der Waals surface area contributed by atoms with Crippen molar-refractivity contribution in [1.29, 1.82) is 0 Å². The van der Waals surface area contributed by atoms with Gasteiger partial charge in [-0.05, 0) is 18.6 Å². The quantitative estimate of drug-likeness (QED) is 0.861. The molecule has 22 heavy (non-hydrogen) atoms. The first kappa shape index (κ1) is 14.9. The third-order valence-corrected chi connectivity index (χ3v) is 4.60. The van der Waals surface area contributed by atoms with Crippen LogP contribution in [0.4, 0.5) is 16.3 Å². The standard InChI is InChI=1S/C16H24N4O2/c1-2-3-6-22-16(21)20-10-12-8-19(9-13(12)11-20)14-4-5-15(17)18-7-14/h4-5,7,12-13H,2-3,6,8-11H2,1H3,(H2,17,18). The molecule has 6 heteroatoms. The molecule has 2 N–H and O–H groups in total. The molecule has 0 bridgehead atoms. The highest BCUT2D eigenvalue weighted by atomic mass is 16.6. The Labute approximate surface area is 131 Å². The van der Waals surface area contributed by atoms with Crippen molar-refractivity contribution in [3.05, 3.63) is 18.3 Å². The van der Waals surface area contributed by atoms with Gasteiger partial charge in [0.2, 0.25) is 0 Å². The summed E-state index contributed by atoms with van der Waals surface area (Å²) >= 11 is 0. The SMILES string of the molecule is CCCCOC(=O)N1CC2CN(c3ccc(N)nc3)CC2C1. The molecule has 0 aromatic carbocycles. The molecular formula is C16H24N4O2. The summed E-state index contributed by atoms with van der Waals surface area (Å²) in [5, 5.41) is 0. The number of pyridine rings is 1. The van der Waals surface area contributed by atoms with Crippen molar-refractivity contribution < 1.29 is 9.53 Å². The van der Waals surface area contributed by atoms with E-state index in [1.165, 1.54) is 0 Å². The van der Waals surface area contributed by atoms with Gasteiger partial charge < -0.3 is 20.3 Å². The van der Waals surface area contributed by atoms with E-state index in [4.69, 9.17) is 10.5 Å². The van der Waals surface area contributed by atoms with Gasteiger partial charge in [-0.1, -0.05) is 13.3 Å². The Hall–Kier alpha value is -1.98. The lowest BCUT2D eigenvalue weighted by Gasteiger charge is -2.22. The van der Waals surface area contributed by atoms with Gasteiger partial charge in [-0.25, -0.2) is 9.78 Å². The number of likely N-dealkylation sites (tertiary alicyclic amines) is 1. The molecule has 2 aliphatic rings. The van der Waals surface area contributed by atoms with Crippen LogP contribution in [0, 0.1) is 11.8 Å². The number of carbonyl (C=O) groups is 1. The molecule has 1 aromatic heterocycles. The predicted octanol–water partition coefficient (Wildman–Crippen LogP) is 1.97. The number of aromatic nitrogens is 1. The molecule has 1 aromatic rings. The van der Waals surface area contributed by atoms with Gasteiger partial charge in [0.1, 0.15) is 5.82 Å². The molecule has 0 aliphatic carbocycles. The largest absolute Gasteiger partial charge is 0.449 e. The highest BCUT2D eigenvalue weighted by Gasteiger charge is 2.42. The van der Waals surface area contributed by atoms with E-state index in [-0.39, 0.29) is 6.09 Å². The molecule has 3 heterocycles. The highest BCUT2D eigenvalue weighted by Crippen LogP contribution is 2.34. The number of nitrogen functional groups attached to an aromatic ring is 1. The summed E-state index contributed by atoms with van der Waals surface area (Å²) in [4.78, 5) is 20.4. The van der Waals surface area contributed by atoms with E-state index < -0.39 is 0 Å². The lowest BCUT2D eigenvalue weighted by molar-refractivity contribution is 0.107. The average Bonchev–Trinajstić information content (AvgIpc) is 3.07. The maximum atomic E-state index is 12.0. The van der Waals surface area contributed by atoms with Gasteiger partial charge in [-0.3, -0.25) is 0 Å². The van der Waals surface area contributed by atoms with Crippen LogP contribution in [0.25, 0.3) is 0 Å². The molecule has 0 saturated carbocycles. The lowest BCUT2D eigenvalue weighted by Crippen LogP contribution is -2.33. The molecule has 1 amide bonds. The van der Waals surface area contributed by atoms with Gasteiger partial charge >= 0.3 is 6.09 Å². The summed E-state index contributed by atoms with van der Waals surface area (Å²) < 4.78 is 5.31. The first-order chi connectivity index (χ1) is 10.7. The molecule has 6 nitrogen and oxygen atoms in total. The third kappa shape index (κ3) is 3.10. The normalized spacial score (nSPS) is 23.7. The molecule has 0 spiro atoms. The molecule has 2 atom stereocenters. The Kier molecular flexibility index (Phi) is 4.36. The van der Waals surface area contributed by atoms with Crippen LogP contribution in [0.15, 0.2) is 18.3 Å². The van der Waals surface area contributed by atoms with E-state index in [2.05, 4.69) is 16.8 Å². The van der Waals surface area contributed by atoms with E-state index in [1.807, 2.05) is 23.2 Å². The fraction of sp³-hybridized carbons (Fsp3) is 0.625. The second-order valence-electron chi connectivity index (χ2n) is 6.24. The Morgan fingerprint density at radius 2 is 2.05 bits per heavy atom. The third-order valence-electron chi connectivity index (χ3n) is 4.60. The van der Waals surface area contributed by atoms with Crippen LogP contribution >= 0.6 is 0 Å². The number of nitrogens with two attached hydrogens (primary N) is 1. The first-order valence-electron chi connectivity index (χ1n) is 8.05. The molecule has 2 fully saturated rings. The Bertz CT molecular complexity index is 505. The van der Waals surface area contributed by atoms with Crippen molar-refractivity contribution >= 4 is 17.6 Å². The molecule has 2 unspecified atom stereocenters. The van der Waals surface area contributed by atoms with Gasteiger partial charge in [-0.2, -0.15) is 0 Å². The number of ether oxygens (including phenoxy) is 1. The number of nitrogens with zero attached hydrogens (tertiary/aromatic N) is 3. The molecule has 120 valence electrons. The second kappa shape index (κ2) is 6.42. The van der Waals surface area contributed by atoms with E-state index in [9.17, 15) is 4.79 Å². The molecule has 3 rings (SSSR count). The summed E-state index contributed by atoms with van der Waals surface area (Å²) in [5.74, 6) is 1.59. The zero-order chi connectivity index (χ0) is 15.5. The van der Waals surface area contributed by atoms with Crippen LogP contribution < -0.4 is 10.6 Å². The predicted molar refractivity (Wildman–Crippen MR) is 85.7 cm³/mol. The topological polar surface area (TPSA) is 71.7 Å². The van der Waals surface area contributed by atoms with Crippen LogP contribution in [-0.4, -0.2) is 48.8 Å². The average molecular weight is 304 g/mol. The number of amides is 1. The number of hydrogen-bond donors (Lipinski definition) is 1. The van der Waals surface area contributed by atoms with Crippen molar-refractivity contribution in [3.8, 4) is 0 Å². The minimum Gasteiger partial charge on any atom is -0.449 e. The van der Waals surface area contributed by atoms with Crippen molar-refractivity contribution in [3.63, 3.8) is 0 Å². The van der Waals surface area contributed by atoms with Crippen LogP contribution in [0.2, 0.25) is 0 Å². The van der Waals surface area contributed by atoms with E-state index >= 15 is 0 Å². The zero-order valence-electron chi connectivity index (χ0n) is 13.1. The highest BCUT2D eigenvalue weighted by molar-refractivity contribution is 5.68. The summed E-state index contributed by atoms with van der Waals surface area (Å²) in [6.45, 7) is 6.16. The summed E-state index contributed by atoms with van der Waals surface area (Å²) in [6, 6.07) is 3.85. The number of unbranched alkanes of at least 4 members (excludes halogenated alkanes) is 1. The first-order valence-corrected chi connectivity index (χ1v) is 8.05. The van der Waals surface area contributed by atoms with E-state index in [1.54, 1.807) is 0 Å². The Balaban J connectivity index is 1.52. The number of anilines is 2. The van der Waals surface area contributed by atoms with Crippen LogP contribution in [0.3, 0.4) is 0 Å². The van der Waals surface area contributed by atoms with Crippen molar-refractivity contribution in [2.45, 2.75) is 19.8 Å². The Morgan fingerprint density at radius 3 is 2.64 bits per heavy atom. The Morgan fingerprint density at radius 1 is 1.32 bits per heavy atom. The molecule has 0 radical (unpaired) electrons. The molecular weight excluding hydrogens is 280 g/mol.